The van der Waals surface area contributed by atoms with Gasteiger partial charge in [0, 0.05) is 16.0 Å². The third kappa shape index (κ3) is 3.78. The quantitative estimate of drug-likeness (QED) is 0.891. The summed E-state index contributed by atoms with van der Waals surface area (Å²) in [5, 5.41) is 2.92. The van der Waals surface area contributed by atoms with Crippen LogP contribution in [-0.4, -0.2) is 5.91 Å². The standard InChI is InChI=1S/C14H10BrClFNO/c15-10-3-1-9(2-4-10)8-18-14(19)12-6-5-11(16)7-13(12)17/h1-7H,8H2,(H,18,19). The number of hydrogen-bond donors (Lipinski definition) is 1. The van der Waals surface area contributed by atoms with Crippen LogP contribution in [0.25, 0.3) is 0 Å². The normalized spacial score (nSPS) is 10.3. The van der Waals surface area contributed by atoms with Crippen molar-refractivity contribution in [3.8, 4) is 0 Å². The van der Waals surface area contributed by atoms with Gasteiger partial charge in [0.25, 0.3) is 5.91 Å². The Morgan fingerprint density at radius 3 is 2.53 bits per heavy atom. The van der Waals surface area contributed by atoms with Gasteiger partial charge in [-0.15, -0.1) is 0 Å². The van der Waals surface area contributed by atoms with E-state index in [1.807, 2.05) is 24.3 Å². The molecule has 1 N–H and O–H groups in total. The molecule has 0 unspecified atom stereocenters. The van der Waals surface area contributed by atoms with Crippen LogP contribution in [0.4, 0.5) is 4.39 Å². The van der Waals surface area contributed by atoms with Crippen LogP contribution in [0.15, 0.2) is 46.9 Å². The Labute approximate surface area is 123 Å². The van der Waals surface area contributed by atoms with Crippen molar-refractivity contribution in [2.24, 2.45) is 0 Å². The summed E-state index contributed by atoms with van der Waals surface area (Å²) in [7, 11) is 0. The molecule has 0 aliphatic rings. The number of nitrogens with one attached hydrogen (secondary N) is 1. The van der Waals surface area contributed by atoms with Crippen LogP contribution in [0.5, 0.6) is 0 Å². The molecule has 2 aromatic rings. The summed E-state index contributed by atoms with van der Waals surface area (Å²) in [6.45, 7) is 0.341. The lowest BCUT2D eigenvalue weighted by molar-refractivity contribution is 0.0947. The van der Waals surface area contributed by atoms with E-state index in [9.17, 15) is 9.18 Å². The van der Waals surface area contributed by atoms with Gasteiger partial charge in [-0.2, -0.15) is 0 Å². The van der Waals surface area contributed by atoms with Crippen molar-refractivity contribution in [3.63, 3.8) is 0 Å². The van der Waals surface area contributed by atoms with Gasteiger partial charge in [0.15, 0.2) is 0 Å². The molecule has 0 fully saturated rings. The number of rotatable bonds is 3. The van der Waals surface area contributed by atoms with E-state index in [0.717, 1.165) is 16.1 Å². The van der Waals surface area contributed by atoms with E-state index in [0.29, 0.717) is 6.54 Å². The summed E-state index contributed by atoms with van der Waals surface area (Å²) >= 11 is 8.96. The summed E-state index contributed by atoms with van der Waals surface area (Å²) in [6, 6.07) is 11.5. The maximum Gasteiger partial charge on any atom is 0.254 e. The monoisotopic (exact) mass is 341 g/mol. The smallest absolute Gasteiger partial charge is 0.254 e. The second kappa shape index (κ2) is 6.17. The Hall–Kier alpha value is -1.39. The molecule has 0 heterocycles. The summed E-state index contributed by atoms with van der Waals surface area (Å²) in [5.74, 6) is -1.09. The van der Waals surface area contributed by atoms with Crippen LogP contribution in [0.3, 0.4) is 0 Å². The van der Waals surface area contributed by atoms with Gasteiger partial charge in [-0.25, -0.2) is 4.39 Å². The third-order valence-corrected chi connectivity index (χ3v) is 3.31. The van der Waals surface area contributed by atoms with Gasteiger partial charge in [-0.3, -0.25) is 4.79 Å². The number of amides is 1. The van der Waals surface area contributed by atoms with Crippen molar-refractivity contribution in [1.82, 2.24) is 5.32 Å². The minimum Gasteiger partial charge on any atom is -0.348 e. The lowest BCUT2D eigenvalue weighted by Gasteiger charge is -2.06. The van der Waals surface area contributed by atoms with Crippen LogP contribution in [0.2, 0.25) is 5.02 Å². The largest absolute Gasteiger partial charge is 0.348 e. The summed E-state index contributed by atoms with van der Waals surface area (Å²) < 4.78 is 14.5. The minimum atomic E-state index is -0.624. The van der Waals surface area contributed by atoms with Crippen molar-refractivity contribution in [3.05, 3.63) is 68.9 Å². The number of hydrogen-bond acceptors (Lipinski definition) is 1. The average molecular weight is 343 g/mol. The molecule has 19 heavy (non-hydrogen) atoms. The zero-order valence-electron chi connectivity index (χ0n) is 9.79. The Balaban J connectivity index is 2.03. The highest BCUT2D eigenvalue weighted by Gasteiger charge is 2.11. The molecule has 0 aliphatic carbocycles. The maximum atomic E-state index is 13.5. The first kappa shape index (κ1) is 14.0. The van der Waals surface area contributed by atoms with E-state index in [4.69, 9.17) is 11.6 Å². The first-order chi connectivity index (χ1) is 9.06. The topological polar surface area (TPSA) is 29.1 Å². The molecule has 0 bridgehead atoms. The predicted molar refractivity (Wildman–Crippen MR) is 76.7 cm³/mol. The number of carbonyl (C=O) groups is 1. The van der Waals surface area contributed by atoms with Gasteiger partial charge in [0.05, 0.1) is 5.56 Å². The minimum absolute atomic E-state index is 0.0125. The Bertz CT molecular complexity index is 601. The SMILES string of the molecule is O=C(NCc1ccc(Br)cc1)c1ccc(Cl)cc1F. The lowest BCUT2D eigenvalue weighted by atomic mass is 10.2. The molecule has 0 spiro atoms. The van der Waals surface area contributed by atoms with Crippen LogP contribution >= 0.6 is 27.5 Å². The van der Waals surface area contributed by atoms with E-state index < -0.39 is 11.7 Å². The van der Waals surface area contributed by atoms with Crippen LogP contribution in [0.1, 0.15) is 15.9 Å². The summed E-state index contributed by atoms with van der Waals surface area (Å²) in [5.41, 5.74) is 0.924. The summed E-state index contributed by atoms with van der Waals surface area (Å²) in [4.78, 5) is 11.8. The molecule has 0 aromatic heterocycles. The lowest BCUT2D eigenvalue weighted by Crippen LogP contribution is -2.23. The van der Waals surface area contributed by atoms with Gasteiger partial charge < -0.3 is 5.32 Å². The zero-order valence-corrected chi connectivity index (χ0v) is 12.1. The van der Waals surface area contributed by atoms with Gasteiger partial charge in [0.1, 0.15) is 5.82 Å². The molecule has 0 aliphatic heterocycles. The van der Waals surface area contributed by atoms with Gasteiger partial charge in [-0.05, 0) is 35.9 Å². The first-order valence-electron chi connectivity index (χ1n) is 5.54. The van der Waals surface area contributed by atoms with E-state index in [1.54, 1.807) is 0 Å². The van der Waals surface area contributed by atoms with E-state index >= 15 is 0 Å². The Morgan fingerprint density at radius 2 is 1.89 bits per heavy atom. The van der Waals surface area contributed by atoms with Crippen molar-refractivity contribution < 1.29 is 9.18 Å². The zero-order chi connectivity index (χ0) is 13.8. The Kier molecular flexibility index (Phi) is 4.56. The molecular weight excluding hydrogens is 333 g/mol. The third-order valence-electron chi connectivity index (χ3n) is 2.54. The molecule has 1 amide bonds. The maximum absolute atomic E-state index is 13.5. The van der Waals surface area contributed by atoms with Crippen molar-refractivity contribution >= 4 is 33.4 Å². The molecule has 98 valence electrons. The van der Waals surface area contributed by atoms with E-state index in [-0.39, 0.29) is 10.6 Å². The molecule has 0 saturated heterocycles. The molecule has 5 heteroatoms. The second-order valence-corrected chi connectivity index (χ2v) is 5.29. The number of halogens is 3. The predicted octanol–water partition coefficient (Wildman–Crippen LogP) is 4.17. The second-order valence-electron chi connectivity index (χ2n) is 3.93. The molecule has 2 nitrogen and oxygen atoms in total. The first-order valence-corrected chi connectivity index (χ1v) is 6.71. The number of benzene rings is 2. The fraction of sp³-hybridized carbons (Fsp3) is 0.0714. The van der Waals surface area contributed by atoms with Crippen LogP contribution in [0, 0.1) is 5.82 Å². The van der Waals surface area contributed by atoms with Gasteiger partial charge in [0.2, 0.25) is 0 Å². The van der Waals surface area contributed by atoms with Crippen LogP contribution < -0.4 is 5.32 Å². The van der Waals surface area contributed by atoms with E-state index in [1.165, 1.54) is 12.1 Å². The highest BCUT2D eigenvalue weighted by atomic mass is 79.9. The fourth-order valence-electron chi connectivity index (χ4n) is 1.55. The summed E-state index contributed by atoms with van der Waals surface area (Å²) in [6.07, 6.45) is 0. The van der Waals surface area contributed by atoms with Crippen LogP contribution in [-0.2, 0) is 6.54 Å². The number of carbonyl (C=O) groups excluding carboxylic acids is 1. The molecule has 2 aromatic carbocycles. The van der Waals surface area contributed by atoms with Gasteiger partial charge in [-0.1, -0.05) is 39.7 Å². The highest BCUT2D eigenvalue weighted by Crippen LogP contribution is 2.15. The van der Waals surface area contributed by atoms with Gasteiger partial charge >= 0.3 is 0 Å². The highest BCUT2D eigenvalue weighted by molar-refractivity contribution is 9.10. The van der Waals surface area contributed by atoms with Crippen molar-refractivity contribution in [2.75, 3.05) is 0 Å². The molecule has 0 radical (unpaired) electrons. The van der Waals surface area contributed by atoms with Crippen molar-refractivity contribution in [2.45, 2.75) is 6.54 Å². The molecule has 0 saturated carbocycles. The van der Waals surface area contributed by atoms with E-state index in [2.05, 4.69) is 21.2 Å². The van der Waals surface area contributed by atoms with Crippen molar-refractivity contribution in [1.29, 1.82) is 0 Å². The molecular formula is C14H10BrClFNO. The fourth-order valence-corrected chi connectivity index (χ4v) is 1.98. The Morgan fingerprint density at radius 1 is 1.21 bits per heavy atom. The average Bonchev–Trinajstić information content (AvgIpc) is 2.37. The molecule has 0 atom stereocenters. The molecule has 2 rings (SSSR count).